The number of nitrogens with one attached hydrogen (secondary N) is 1. The molecule has 2 aromatic carbocycles. The van der Waals surface area contributed by atoms with Gasteiger partial charge < -0.3 is 25.4 Å². The number of rotatable bonds is 10. The van der Waals surface area contributed by atoms with Crippen LogP contribution in [-0.2, 0) is 39.1 Å². The van der Waals surface area contributed by atoms with E-state index in [1.165, 1.54) is 12.3 Å². The summed E-state index contributed by atoms with van der Waals surface area (Å²) < 4.78 is 143. The van der Waals surface area contributed by atoms with Crippen molar-refractivity contribution in [3.63, 3.8) is 0 Å². The molecule has 3 N–H and O–H groups in total. The zero-order valence-electron chi connectivity index (χ0n) is 29.1. The molecule has 3 aliphatic rings. The van der Waals surface area contributed by atoms with Gasteiger partial charge in [0.15, 0.2) is 5.79 Å². The second-order valence-electron chi connectivity index (χ2n) is 13.7. The zero-order valence-corrected chi connectivity index (χ0v) is 29.1. The second kappa shape index (κ2) is 14.7. The first-order valence-corrected chi connectivity index (χ1v) is 17.3. The van der Waals surface area contributed by atoms with Crippen LogP contribution < -0.4 is 16.0 Å². The first-order valence-electron chi connectivity index (χ1n) is 17.3. The van der Waals surface area contributed by atoms with Crippen LogP contribution in [0, 0.1) is 17.5 Å². The van der Waals surface area contributed by atoms with Gasteiger partial charge in [-0.3, -0.25) is 14.3 Å². The molecule has 2 saturated heterocycles. The van der Waals surface area contributed by atoms with Crippen LogP contribution in [0.25, 0.3) is 11.1 Å². The predicted octanol–water partition coefficient (Wildman–Crippen LogP) is 6.21. The highest BCUT2D eigenvalue weighted by Gasteiger charge is 2.55. The molecule has 20 heteroatoms. The normalized spacial score (nSPS) is 18.9. The van der Waals surface area contributed by atoms with Crippen LogP contribution in [-0.4, -0.2) is 63.7 Å². The highest BCUT2D eigenvalue weighted by Crippen LogP contribution is 2.52. The quantitative estimate of drug-likeness (QED) is 0.181. The van der Waals surface area contributed by atoms with Crippen LogP contribution in [0.4, 0.5) is 45.5 Å². The fourth-order valence-electron chi connectivity index (χ4n) is 7.33. The maximum atomic E-state index is 15.2. The predicted molar refractivity (Wildman–Crippen MR) is 177 cm³/mol. The third-order valence-electron chi connectivity index (χ3n) is 9.94. The Kier molecular flexibility index (Phi) is 10.2. The van der Waals surface area contributed by atoms with E-state index in [4.69, 9.17) is 20.2 Å². The summed E-state index contributed by atoms with van der Waals surface area (Å²) in [6.07, 6.45) is -4.88. The van der Waals surface area contributed by atoms with E-state index in [1.807, 2.05) is 0 Å². The standard InChI is InChI=1S/C36H32F9N7O4/c37-20-11-18(12-21(38)15-20)13-25(48-26(53)17-52-30-27(29(50-52)31(40)41)35(42,43)3-4-36(30,44)45)28-23(19-1-2-24(39)22(14-19)32(46)54)16-47-33(49-28)51-7-5-34(6-8-51)55-9-10-56-34/h1-2,11-12,14-16,25,31H,3-10,13,17H2,(H2,46,54)(H,48,53)/t25-/m0/s1. The number of aromatic nitrogens is 4. The largest absolute Gasteiger partial charge is 0.366 e. The average Bonchev–Trinajstić information content (AvgIpc) is 3.76. The Morgan fingerprint density at radius 3 is 2.20 bits per heavy atom. The van der Waals surface area contributed by atoms with E-state index < -0.39 is 108 Å². The van der Waals surface area contributed by atoms with Gasteiger partial charge in [-0.1, -0.05) is 6.07 Å². The molecule has 11 nitrogen and oxygen atoms in total. The SMILES string of the molecule is NC(=O)c1cc(-c2cnc(N3CCC4(CC3)OCCO4)nc2[C@H](Cc2cc(F)cc(F)c2)NC(=O)Cn2nc(C(F)F)c3c2C(F)(F)CCC3(F)F)ccc1F. The number of fused-ring (bicyclic) bond motifs is 1. The van der Waals surface area contributed by atoms with Crippen molar-refractivity contribution >= 4 is 17.8 Å². The van der Waals surface area contributed by atoms with Gasteiger partial charge in [-0.15, -0.1) is 0 Å². The van der Waals surface area contributed by atoms with Crippen molar-refractivity contribution in [3.8, 4) is 11.1 Å². The topological polar surface area (TPSA) is 137 Å². The molecular weight excluding hydrogens is 765 g/mol. The first kappa shape index (κ1) is 39.0. The van der Waals surface area contributed by atoms with E-state index in [-0.39, 0.29) is 33.0 Å². The molecule has 4 aromatic rings. The van der Waals surface area contributed by atoms with E-state index in [1.54, 1.807) is 4.90 Å². The highest BCUT2D eigenvalue weighted by atomic mass is 19.3. The Bertz CT molecular complexity index is 2150. The Balaban J connectivity index is 1.32. The lowest BCUT2D eigenvalue weighted by atomic mass is 9.89. The maximum absolute atomic E-state index is 15.2. The van der Waals surface area contributed by atoms with Crippen molar-refractivity contribution in [2.24, 2.45) is 5.73 Å². The number of primary amides is 1. The van der Waals surface area contributed by atoms with Crippen LogP contribution in [0.15, 0.2) is 42.6 Å². The second-order valence-corrected chi connectivity index (χ2v) is 13.7. The van der Waals surface area contributed by atoms with Crippen molar-refractivity contribution < 1.29 is 58.6 Å². The zero-order chi connectivity index (χ0) is 40.2. The molecule has 0 unspecified atom stereocenters. The van der Waals surface area contributed by atoms with Crippen LogP contribution in [0.5, 0.6) is 0 Å². The van der Waals surface area contributed by atoms with Gasteiger partial charge in [0, 0.05) is 56.6 Å². The summed E-state index contributed by atoms with van der Waals surface area (Å²) in [6.45, 7) is 0.199. The van der Waals surface area contributed by atoms with Crippen molar-refractivity contribution in [1.29, 1.82) is 0 Å². The maximum Gasteiger partial charge on any atom is 0.290 e. The molecule has 0 saturated carbocycles. The van der Waals surface area contributed by atoms with Gasteiger partial charge in [0.05, 0.1) is 36.1 Å². The minimum Gasteiger partial charge on any atom is -0.366 e. The van der Waals surface area contributed by atoms with Gasteiger partial charge in [-0.25, -0.2) is 40.7 Å². The van der Waals surface area contributed by atoms with E-state index in [2.05, 4.69) is 15.4 Å². The van der Waals surface area contributed by atoms with Gasteiger partial charge in [0.1, 0.15) is 35.4 Å². The fourth-order valence-corrected chi connectivity index (χ4v) is 7.33. The molecule has 0 bridgehead atoms. The molecule has 0 radical (unpaired) electrons. The summed E-state index contributed by atoms with van der Waals surface area (Å²) in [5, 5.41) is 5.84. The van der Waals surface area contributed by atoms with Gasteiger partial charge in [-0.2, -0.15) is 13.9 Å². The minimum atomic E-state index is -4.10. The first-order chi connectivity index (χ1) is 26.4. The minimum absolute atomic E-state index is 0.0473. The molecule has 2 aromatic heterocycles. The molecule has 2 aliphatic heterocycles. The van der Waals surface area contributed by atoms with Crippen LogP contribution in [0.3, 0.4) is 0 Å². The number of nitrogens with two attached hydrogens (primary N) is 1. The van der Waals surface area contributed by atoms with Crippen LogP contribution >= 0.6 is 0 Å². The summed E-state index contributed by atoms with van der Waals surface area (Å²) >= 11 is 0. The summed E-state index contributed by atoms with van der Waals surface area (Å²) in [5.41, 5.74) is 0.0584. The number of benzene rings is 2. The number of piperidine rings is 1. The molecular formula is C36H32F9N7O4. The smallest absolute Gasteiger partial charge is 0.290 e. The van der Waals surface area contributed by atoms with Gasteiger partial charge in [0.25, 0.3) is 24.2 Å². The van der Waals surface area contributed by atoms with Crippen molar-refractivity contribution in [2.45, 2.75) is 68.7 Å². The summed E-state index contributed by atoms with van der Waals surface area (Å²) in [5.74, 6) is -14.2. The number of halogens is 9. The number of ether oxygens (including phenoxy) is 2. The van der Waals surface area contributed by atoms with Gasteiger partial charge >= 0.3 is 0 Å². The molecule has 56 heavy (non-hydrogen) atoms. The van der Waals surface area contributed by atoms with Crippen molar-refractivity contribution in [1.82, 2.24) is 25.1 Å². The number of carbonyl (C=O) groups excluding carboxylic acids is 2. The van der Waals surface area contributed by atoms with Gasteiger partial charge in [0.2, 0.25) is 11.9 Å². The highest BCUT2D eigenvalue weighted by molar-refractivity contribution is 5.94. The molecule has 7 rings (SSSR count). The van der Waals surface area contributed by atoms with E-state index in [0.29, 0.717) is 45.2 Å². The average molecular weight is 798 g/mol. The molecule has 2 fully saturated rings. The lowest BCUT2D eigenvalue weighted by Crippen LogP contribution is -2.46. The summed E-state index contributed by atoms with van der Waals surface area (Å²) in [4.78, 5) is 36.8. The lowest BCUT2D eigenvalue weighted by Gasteiger charge is -2.37. The fraction of sp³-hybridized carbons (Fsp3) is 0.417. The Morgan fingerprint density at radius 1 is 0.893 bits per heavy atom. The number of amides is 2. The number of hydrogen-bond donors (Lipinski definition) is 2. The van der Waals surface area contributed by atoms with Gasteiger partial charge in [-0.05, 0) is 41.8 Å². The number of hydrogen-bond acceptors (Lipinski definition) is 8. The lowest BCUT2D eigenvalue weighted by molar-refractivity contribution is -0.169. The Hall–Kier alpha value is -5.24. The molecule has 298 valence electrons. The Morgan fingerprint density at radius 2 is 1.55 bits per heavy atom. The molecule has 1 atom stereocenters. The van der Waals surface area contributed by atoms with Crippen LogP contribution in [0.2, 0.25) is 0 Å². The monoisotopic (exact) mass is 797 g/mol. The molecule has 1 aliphatic carbocycles. The summed E-state index contributed by atoms with van der Waals surface area (Å²) in [6, 6.07) is 4.29. The molecule has 2 amide bonds. The van der Waals surface area contributed by atoms with Crippen LogP contribution in [0.1, 0.15) is 76.7 Å². The van der Waals surface area contributed by atoms with E-state index in [9.17, 15) is 40.3 Å². The Labute approximate surface area is 312 Å². The van der Waals surface area contributed by atoms with Crippen molar-refractivity contribution in [3.05, 3.63) is 93.8 Å². The molecule has 1 spiro atoms. The van der Waals surface area contributed by atoms with E-state index in [0.717, 1.165) is 24.3 Å². The number of nitrogens with zero attached hydrogens (tertiary/aromatic N) is 5. The number of anilines is 1. The third kappa shape index (κ3) is 7.63. The van der Waals surface area contributed by atoms with E-state index >= 15 is 8.78 Å². The number of carbonyl (C=O) groups is 2. The van der Waals surface area contributed by atoms with Crippen molar-refractivity contribution in [2.75, 3.05) is 31.2 Å². The third-order valence-corrected chi connectivity index (χ3v) is 9.94. The summed E-state index contributed by atoms with van der Waals surface area (Å²) in [7, 11) is 0. The number of alkyl halides is 6. The molecule has 4 heterocycles.